The zero-order chi connectivity index (χ0) is 17.8. The number of ether oxygens (including phenoxy) is 1. The van der Waals surface area contributed by atoms with Crippen molar-refractivity contribution in [1.29, 1.82) is 0 Å². The monoisotopic (exact) mass is 340 g/mol. The lowest BCUT2D eigenvalue weighted by Crippen LogP contribution is -2.41. The van der Waals surface area contributed by atoms with Crippen LogP contribution in [0.3, 0.4) is 0 Å². The minimum absolute atomic E-state index is 0.114. The Hall–Kier alpha value is -2.73. The van der Waals surface area contributed by atoms with Gasteiger partial charge in [0, 0.05) is 43.1 Å². The number of hydrogen-bond donors (Lipinski definition) is 1. The highest BCUT2D eigenvalue weighted by atomic mass is 16.5. The average molecular weight is 340 g/mol. The molecule has 0 unspecified atom stereocenters. The van der Waals surface area contributed by atoms with Gasteiger partial charge in [-0.15, -0.1) is 0 Å². The molecule has 0 fully saturated rings. The molecule has 2 aromatic carbocycles. The van der Waals surface area contributed by atoms with Gasteiger partial charge >= 0.3 is 0 Å². The van der Waals surface area contributed by atoms with E-state index in [0.29, 0.717) is 36.1 Å². The van der Waals surface area contributed by atoms with E-state index in [-0.39, 0.29) is 30.7 Å². The number of nitrogens with zero attached hydrogens (tertiary/aromatic N) is 1. The molecule has 0 saturated heterocycles. The Morgan fingerprint density at radius 2 is 1.72 bits per heavy atom. The van der Waals surface area contributed by atoms with Crippen LogP contribution in [0.25, 0.3) is 10.8 Å². The Labute approximate surface area is 145 Å². The van der Waals surface area contributed by atoms with Gasteiger partial charge in [0.2, 0.25) is 5.91 Å². The van der Waals surface area contributed by atoms with Crippen molar-refractivity contribution in [2.75, 3.05) is 26.8 Å². The lowest BCUT2D eigenvalue weighted by molar-refractivity contribution is -0.121. The van der Waals surface area contributed by atoms with E-state index < -0.39 is 0 Å². The number of rotatable bonds is 7. The van der Waals surface area contributed by atoms with Crippen molar-refractivity contribution in [2.24, 2.45) is 0 Å². The summed E-state index contributed by atoms with van der Waals surface area (Å²) in [7, 11) is 1.57. The van der Waals surface area contributed by atoms with E-state index in [2.05, 4.69) is 5.32 Å². The largest absolute Gasteiger partial charge is 0.383 e. The summed E-state index contributed by atoms with van der Waals surface area (Å²) < 4.78 is 4.87. The van der Waals surface area contributed by atoms with Crippen molar-refractivity contribution >= 4 is 28.5 Å². The van der Waals surface area contributed by atoms with Crippen LogP contribution in [-0.4, -0.2) is 49.4 Å². The van der Waals surface area contributed by atoms with Gasteiger partial charge in [-0.05, 0) is 23.9 Å². The molecule has 25 heavy (non-hydrogen) atoms. The van der Waals surface area contributed by atoms with Gasteiger partial charge in [-0.1, -0.05) is 24.3 Å². The number of carbonyl (C=O) groups excluding carboxylic acids is 3. The number of nitrogens with one attached hydrogen (secondary N) is 1. The molecule has 6 heteroatoms. The maximum atomic E-state index is 12.7. The Bertz CT molecular complexity index is 781. The molecule has 0 aliphatic carbocycles. The fourth-order valence-electron chi connectivity index (χ4n) is 3.06. The number of amides is 3. The van der Waals surface area contributed by atoms with Crippen molar-refractivity contribution in [1.82, 2.24) is 10.2 Å². The van der Waals surface area contributed by atoms with Gasteiger partial charge in [-0.3, -0.25) is 19.3 Å². The van der Waals surface area contributed by atoms with Crippen LogP contribution in [0.2, 0.25) is 0 Å². The molecule has 1 heterocycles. The Morgan fingerprint density at radius 1 is 1.08 bits per heavy atom. The second-order valence-electron chi connectivity index (χ2n) is 5.92. The number of benzene rings is 2. The molecule has 0 spiro atoms. The number of imide groups is 1. The van der Waals surface area contributed by atoms with Crippen LogP contribution >= 0.6 is 0 Å². The highest BCUT2D eigenvalue weighted by molar-refractivity contribution is 6.25. The highest BCUT2D eigenvalue weighted by Gasteiger charge is 2.32. The maximum Gasteiger partial charge on any atom is 0.261 e. The molecular formula is C19H20N2O4. The SMILES string of the molecule is COCCNC(=O)CCCN1C(=O)c2cccc3cccc(c23)C1=O. The zero-order valence-electron chi connectivity index (χ0n) is 14.1. The third-order valence-electron chi connectivity index (χ3n) is 4.27. The van der Waals surface area contributed by atoms with E-state index in [4.69, 9.17) is 4.74 Å². The number of carbonyl (C=O) groups is 3. The van der Waals surface area contributed by atoms with Gasteiger partial charge < -0.3 is 10.1 Å². The van der Waals surface area contributed by atoms with Gasteiger partial charge in [0.25, 0.3) is 11.8 Å². The van der Waals surface area contributed by atoms with Crippen LogP contribution in [0.15, 0.2) is 36.4 Å². The lowest BCUT2D eigenvalue weighted by Gasteiger charge is -2.27. The van der Waals surface area contributed by atoms with Crippen molar-refractivity contribution in [2.45, 2.75) is 12.8 Å². The molecule has 0 saturated carbocycles. The third-order valence-corrected chi connectivity index (χ3v) is 4.27. The first-order chi connectivity index (χ1) is 12.1. The summed E-state index contributed by atoms with van der Waals surface area (Å²) in [5.41, 5.74) is 1.08. The lowest BCUT2D eigenvalue weighted by atomic mass is 9.94. The summed E-state index contributed by atoms with van der Waals surface area (Å²) in [6.45, 7) is 1.13. The Morgan fingerprint density at radius 3 is 2.32 bits per heavy atom. The van der Waals surface area contributed by atoms with Crippen molar-refractivity contribution < 1.29 is 19.1 Å². The standard InChI is InChI=1S/C19H20N2O4/c1-25-12-10-20-16(22)9-4-11-21-18(23)14-7-2-5-13-6-3-8-15(17(13)14)19(21)24/h2-3,5-8H,4,9-12H2,1H3,(H,20,22). The summed E-state index contributed by atoms with van der Waals surface area (Å²) >= 11 is 0. The average Bonchev–Trinajstić information content (AvgIpc) is 2.62. The minimum atomic E-state index is -0.297. The first-order valence-corrected chi connectivity index (χ1v) is 8.27. The number of hydrogen-bond acceptors (Lipinski definition) is 4. The van der Waals surface area contributed by atoms with Gasteiger partial charge in [0.05, 0.1) is 6.61 Å². The van der Waals surface area contributed by atoms with Crippen LogP contribution in [0.1, 0.15) is 33.6 Å². The normalized spacial score (nSPS) is 13.4. The minimum Gasteiger partial charge on any atom is -0.383 e. The van der Waals surface area contributed by atoms with Crippen LogP contribution < -0.4 is 5.32 Å². The van der Waals surface area contributed by atoms with Gasteiger partial charge in [0.1, 0.15) is 0 Å². The van der Waals surface area contributed by atoms with Crippen LogP contribution in [0.5, 0.6) is 0 Å². The molecule has 1 aliphatic heterocycles. The Balaban J connectivity index is 1.69. The summed E-state index contributed by atoms with van der Waals surface area (Å²) in [6, 6.07) is 10.9. The highest BCUT2D eigenvalue weighted by Crippen LogP contribution is 2.29. The number of methoxy groups -OCH3 is 1. The molecule has 0 radical (unpaired) electrons. The van der Waals surface area contributed by atoms with E-state index >= 15 is 0 Å². The van der Waals surface area contributed by atoms with E-state index in [1.807, 2.05) is 24.3 Å². The first-order valence-electron chi connectivity index (χ1n) is 8.27. The molecule has 3 amide bonds. The quantitative estimate of drug-likeness (QED) is 0.618. The zero-order valence-corrected chi connectivity index (χ0v) is 14.1. The van der Waals surface area contributed by atoms with Crippen LogP contribution in [0.4, 0.5) is 0 Å². The molecule has 2 aromatic rings. The second kappa shape index (κ2) is 7.44. The van der Waals surface area contributed by atoms with E-state index in [0.717, 1.165) is 5.39 Å². The smallest absolute Gasteiger partial charge is 0.261 e. The molecule has 1 N–H and O–H groups in total. The summed E-state index contributed by atoms with van der Waals surface area (Å²) in [4.78, 5) is 38.3. The molecule has 1 aliphatic rings. The predicted octanol–water partition coefficient (Wildman–Crippen LogP) is 1.98. The van der Waals surface area contributed by atoms with Gasteiger partial charge in [-0.25, -0.2) is 0 Å². The van der Waals surface area contributed by atoms with Crippen molar-refractivity contribution in [3.05, 3.63) is 47.5 Å². The topological polar surface area (TPSA) is 75.7 Å². The molecule has 6 nitrogen and oxygen atoms in total. The third kappa shape index (κ3) is 3.39. The van der Waals surface area contributed by atoms with Crippen LogP contribution in [-0.2, 0) is 9.53 Å². The van der Waals surface area contributed by atoms with Crippen molar-refractivity contribution in [3.8, 4) is 0 Å². The molecule has 0 bridgehead atoms. The summed E-state index contributed by atoms with van der Waals surface area (Å²) in [6.07, 6.45) is 0.682. The molecule has 0 aromatic heterocycles. The first kappa shape index (κ1) is 17.1. The molecule has 130 valence electrons. The van der Waals surface area contributed by atoms with Gasteiger partial charge in [-0.2, -0.15) is 0 Å². The van der Waals surface area contributed by atoms with Gasteiger partial charge in [0.15, 0.2) is 0 Å². The molecule has 0 atom stereocenters. The molecule has 3 rings (SSSR count). The summed E-state index contributed by atoms with van der Waals surface area (Å²) in [5.74, 6) is -0.709. The Kier molecular flexibility index (Phi) is 5.09. The van der Waals surface area contributed by atoms with Crippen molar-refractivity contribution in [3.63, 3.8) is 0 Å². The predicted molar refractivity (Wildman–Crippen MR) is 93.4 cm³/mol. The maximum absolute atomic E-state index is 12.7. The van der Waals surface area contributed by atoms with E-state index in [9.17, 15) is 14.4 Å². The van der Waals surface area contributed by atoms with Crippen LogP contribution in [0, 0.1) is 0 Å². The van der Waals surface area contributed by atoms with E-state index in [1.54, 1.807) is 19.2 Å². The fraction of sp³-hybridized carbons (Fsp3) is 0.316. The van der Waals surface area contributed by atoms with E-state index in [1.165, 1.54) is 4.90 Å². The fourth-order valence-corrected chi connectivity index (χ4v) is 3.06. The second-order valence-corrected chi connectivity index (χ2v) is 5.92. The molecular weight excluding hydrogens is 320 g/mol. The summed E-state index contributed by atoms with van der Waals surface area (Å²) in [5, 5.41) is 4.32.